The molecule has 1 aromatic carbocycles. The number of ether oxygens (including phenoxy) is 2. The Morgan fingerprint density at radius 3 is 2.00 bits per heavy atom. The van der Waals surface area contributed by atoms with Crippen molar-refractivity contribution in [1.82, 2.24) is 25.3 Å². The lowest BCUT2D eigenvalue weighted by Crippen LogP contribution is -2.61. The van der Waals surface area contributed by atoms with Crippen LogP contribution in [0.25, 0.3) is 0 Å². The van der Waals surface area contributed by atoms with Gasteiger partial charge in [0.15, 0.2) is 0 Å². The average molecular weight is 774 g/mol. The second kappa shape index (κ2) is 21.5. The minimum atomic E-state index is -0.878. The Bertz CT molecular complexity index is 1370. The normalized spacial score (nSPS) is 20.0. The topological polar surface area (TPSA) is 141 Å². The first-order chi connectivity index (χ1) is 25.6. The van der Waals surface area contributed by atoms with Crippen LogP contribution in [0.5, 0.6) is 0 Å². The maximum atomic E-state index is 14.4. The smallest absolute Gasteiger partial charge is 0.245 e. The van der Waals surface area contributed by atoms with E-state index in [4.69, 9.17) is 9.47 Å². The molecule has 1 aromatic rings. The third-order valence-corrected chi connectivity index (χ3v) is 11.8. The fraction of sp³-hybridized carbons (Fsp3) is 0.767. The number of likely N-dealkylation sites (tertiary alicyclic amines) is 1. The van der Waals surface area contributed by atoms with Crippen molar-refractivity contribution >= 4 is 23.6 Å². The predicted molar refractivity (Wildman–Crippen MR) is 218 cm³/mol. The van der Waals surface area contributed by atoms with Gasteiger partial charge >= 0.3 is 0 Å². The fourth-order valence-electron chi connectivity index (χ4n) is 7.99. The van der Waals surface area contributed by atoms with Crippen molar-refractivity contribution in [2.24, 2.45) is 23.7 Å². The van der Waals surface area contributed by atoms with Gasteiger partial charge in [-0.1, -0.05) is 85.2 Å². The van der Waals surface area contributed by atoms with Crippen LogP contribution >= 0.6 is 0 Å². The molecule has 2 rings (SSSR count). The Balaban J connectivity index is 2.28. The Hall–Kier alpha value is -3.06. The molecule has 1 saturated heterocycles. The molecular weight excluding hydrogens is 699 g/mol. The molecule has 0 bridgehead atoms. The lowest BCUT2D eigenvalue weighted by molar-refractivity contribution is -0.148. The van der Waals surface area contributed by atoms with Crippen molar-refractivity contribution < 1.29 is 33.8 Å². The monoisotopic (exact) mass is 774 g/mol. The highest BCUT2D eigenvalue weighted by molar-refractivity contribution is 5.90. The molecule has 1 aliphatic heterocycles. The molecule has 55 heavy (non-hydrogen) atoms. The van der Waals surface area contributed by atoms with E-state index in [-0.39, 0.29) is 59.4 Å². The van der Waals surface area contributed by atoms with E-state index in [9.17, 15) is 24.3 Å². The first-order valence-electron chi connectivity index (χ1n) is 20.3. The van der Waals surface area contributed by atoms with Crippen LogP contribution in [0.3, 0.4) is 0 Å². The highest BCUT2D eigenvalue weighted by Gasteiger charge is 2.43. The van der Waals surface area contributed by atoms with Gasteiger partial charge in [0.05, 0.1) is 54.8 Å². The first kappa shape index (κ1) is 48.1. The third kappa shape index (κ3) is 12.5. The van der Waals surface area contributed by atoms with Gasteiger partial charge in [-0.2, -0.15) is 0 Å². The molecule has 12 nitrogen and oxygen atoms in total. The molecule has 0 radical (unpaired) electrons. The Morgan fingerprint density at radius 2 is 1.51 bits per heavy atom. The van der Waals surface area contributed by atoms with Gasteiger partial charge in [0.25, 0.3) is 0 Å². The number of carbonyl (C=O) groups is 4. The molecule has 3 N–H and O–H groups in total. The number of likely N-dealkylation sites (N-methyl/N-ethyl adjacent to an activating group) is 2. The number of hydrogen-bond donors (Lipinski definition) is 3. The Morgan fingerprint density at radius 1 is 0.909 bits per heavy atom. The van der Waals surface area contributed by atoms with Gasteiger partial charge in [0.2, 0.25) is 23.6 Å². The maximum absolute atomic E-state index is 14.4. The van der Waals surface area contributed by atoms with Gasteiger partial charge in [-0.05, 0) is 70.9 Å². The molecule has 314 valence electrons. The summed E-state index contributed by atoms with van der Waals surface area (Å²) < 4.78 is 12.0. The first-order valence-corrected chi connectivity index (χ1v) is 20.3. The van der Waals surface area contributed by atoms with Crippen LogP contribution in [0.4, 0.5) is 0 Å². The summed E-state index contributed by atoms with van der Waals surface area (Å²) in [4.78, 5) is 61.5. The van der Waals surface area contributed by atoms with Gasteiger partial charge < -0.3 is 35.0 Å². The molecule has 12 heteroatoms. The molecule has 10 atom stereocenters. The Kier molecular flexibility index (Phi) is 18.8. The second-order valence-corrected chi connectivity index (χ2v) is 17.4. The lowest BCUT2D eigenvalue weighted by atomic mass is 9.89. The van der Waals surface area contributed by atoms with Crippen molar-refractivity contribution in [3.63, 3.8) is 0 Å². The molecule has 0 aliphatic carbocycles. The zero-order valence-corrected chi connectivity index (χ0v) is 36.6. The van der Waals surface area contributed by atoms with Crippen LogP contribution in [-0.2, 0) is 28.7 Å². The number of methoxy groups -OCH3 is 2. The standard InChI is InChI=1S/C43H75N5O7/c1-16-28(6)37(46(12)42(53)35(26(2)3)45-41(52)36(27(4)5)47(13)43(9,10)11)33(54-14)25-34(49)48-24-20-23-32(48)39(55-15)29(7)40(51)44-30(8)38(50)31-21-18-17-19-22-31/h17-19,21-22,26-30,32-33,35-39,50H,16,20,23-25H2,1-15H3,(H,44,51)(H,45,52)/t28?,29-,30-,32+,33-,35+,36?,37?,38-,39-/m1/s1. The Labute approximate surface area is 332 Å². The third-order valence-electron chi connectivity index (χ3n) is 11.8. The number of aliphatic hydroxyl groups excluding tert-OH is 1. The molecule has 1 fully saturated rings. The van der Waals surface area contributed by atoms with E-state index in [0.717, 1.165) is 12.8 Å². The molecule has 4 amide bonds. The summed E-state index contributed by atoms with van der Waals surface area (Å²) in [6.45, 7) is 22.2. The number of aliphatic hydroxyl groups is 1. The summed E-state index contributed by atoms with van der Waals surface area (Å²) in [5.74, 6) is -1.62. The van der Waals surface area contributed by atoms with Crippen LogP contribution in [0.15, 0.2) is 30.3 Å². The van der Waals surface area contributed by atoms with E-state index in [0.29, 0.717) is 18.5 Å². The van der Waals surface area contributed by atoms with Gasteiger partial charge in [-0.3, -0.25) is 24.1 Å². The molecule has 1 aliphatic rings. The van der Waals surface area contributed by atoms with Gasteiger partial charge in [0, 0.05) is 33.4 Å². The quantitative estimate of drug-likeness (QED) is 0.168. The molecule has 0 aromatic heterocycles. The van der Waals surface area contributed by atoms with Crippen LogP contribution in [0, 0.1) is 23.7 Å². The summed E-state index contributed by atoms with van der Waals surface area (Å²) in [5.41, 5.74) is 0.454. The zero-order valence-electron chi connectivity index (χ0n) is 36.6. The fourth-order valence-corrected chi connectivity index (χ4v) is 7.99. The van der Waals surface area contributed by atoms with Gasteiger partial charge in [-0.15, -0.1) is 0 Å². The zero-order chi connectivity index (χ0) is 41.9. The van der Waals surface area contributed by atoms with E-state index < -0.39 is 48.4 Å². The van der Waals surface area contributed by atoms with Crippen molar-refractivity contribution in [1.29, 1.82) is 0 Å². The minimum Gasteiger partial charge on any atom is -0.386 e. The number of carbonyl (C=O) groups excluding carboxylic acids is 4. The van der Waals surface area contributed by atoms with Gasteiger partial charge in [-0.25, -0.2) is 0 Å². The number of amides is 4. The largest absolute Gasteiger partial charge is 0.386 e. The van der Waals surface area contributed by atoms with Crippen molar-refractivity contribution in [3.05, 3.63) is 35.9 Å². The molecule has 3 unspecified atom stereocenters. The van der Waals surface area contributed by atoms with Crippen LogP contribution < -0.4 is 10.6 Å². The lowest BCUT2D eigenvalue weighted by Gasteiger charge is -2.42. The maximum Gasteiger partial charge on any atom is 0.245 e. The minimum absolute atomic E-state index is 0.0159. The van der Waals surface area contributed by atoms with E-state index in [1.165, 1.54) is 0 Å². The van der Waals surface area contributed by atoms with Gasteiger partial charge in [0.1, 0.15) is 6.04 Å². The summed E-state index contributed by atoms with van der Waals surface area (Å²) in [5, 5.41) is 16.9. The van der Waals surface area contributed by atoms with E-state index in [1.54, 1.807) is 44.9 Å². The molecule has 0 saturated carbocycles. The predicted octanol–water partition coefficient (Wildman–Crippen LogP) is 5.04. The summed E-state index contributed by atoms with van der Waals surface area (Å²) in [6.07, 6.45) is 0.119. The number of benzene rings is 1. The summed E-state index contributed by atoms with van der Waals surface area (Å²) in [6, 6.07) is 6.65. The van der Waals surface area contributed by atoms with Crippen molar-refractivity contribution in [3.8, 4) is 0 Å². The number of hydrogen-bond acceptors (Lipinski definition) is 8. The second-order valence-electron chi connectivity index (χ2n) is 17.4. The van der Waals surface area contributed by atoms with E-state index >= 15 is 0 Å². The van der Waals surface area contributed by atoms with Crippen LogP contribution in [-0.4, -0.2) is 126 Å². The number of nitrogens with zero attached hydrogens (tertiary/aromatic N) is 3. The number of nitrogens with one attached hydrogen (secondary N) is 2. The van der Waals surface area contributed by atoms with Crippen LogP contribution in [0.2, 0.25) is 0 Å². The number of rotatable bonds is 20. The molecular formula is C43H75N5O7. The summed E-state index contributed by atoms with van der Waals surface area (Å²) in [7, 11) is 6.81. The van der Waals surface area contributed by atoms with Crippen molar-refractivity contribution in [2.45, 2.75) is 156 Å². The highest BCUT2D eigenvalue weighted by Crippen LogP contribution is 2.30. The highest BCUT2D eigenvalue weighted by atomic mass is 16.5. The van der Waals surface area contributed by atoms with E-state index in [1.807, 2.05) is 72.0 Å². The van der Waals surface area contributed by atoms with E-state index in [2.05, 4.69) is 43.2 Å². The van der Waals surface area contributed by atoms with Crippen LogP contribution in [0.1, 0.15) is 114 Å². The SMILES string of the molecule is CCC(C)C([C@@H](CC(=O)N1CCC[C@H]1[C@H](OC)[C@@H](C)C(=O)N[C@H](C)[C@@H](O)c1ccccc1)OC)N(C)C(=O)[C@@H](NC(=O)C(C(C)C)N(C)C(C)(C)C)C(C)C. The average Bonchev–Trinajstić information content (AvgIpc) is 3.62. The molecule has 0 spiro atoms. The summed E-state index contributed by atoms with van der Waals surface area (Å²) >= 11 is 0. The van der Waals surface area contributed by atoms with Crippen molar-refractivity contribution in [2.75, 3.05) is 34.9 Å². The molecule has 1 heterocycles.